The molecule has 0 amide bonds. The SMILES string of the molecule is C=C(C)CNC(=S)NN=Cc1sc(N2CCOCC2)nc1-c1ccccc1. The Kier molecular flexibility index (Phi) is 6.92. The summed E-state index contributed by atoms with van der Waals surface area (Å²) in [7, 11) is 0. The van der Waals surface area contributed by atoms with Gasteiger partial charge in [-0.25, -0.2) is 4.98 Å². The first-order valence-electron chi connectivity index (χ1n) is 8.73. The first-order chi connectivity index (χ1) is 13.1. The number of hydrogen-bond acceptors (Lipinski definition) is 6. The van der Waals surface area contributed by atoms with Crippen LogP contribution < -0.4 is 15.6 Å². The average Bonchev–Trinajstić information content (AvgIpc) is 3.12. The van der Waals surface area contributed by atoms with Crippen LogP contribution in [-0.4, -0.2) is 49.2 Å². The maximum atomic E-state index is 5.45. The lowest BCUT2D eigenvalue weighted by atomic mass is 10.1. The van der Waals surface area contributed by atoms with Gasteiger partial charge in [-0.1, -0.05) is 53.8 Å². The number of nitrogens with zero attached hydrogens (tertiary/aromatic N) is 3. The molecule has 1 aliphatic rings. The highest BCUT2D eigenvalue weighted by Crippen LogP contribution is 2.32. The molecule has 8 heteroatoms. The summed E-state index contributed by atoms with van der Waals surface area (Å²) in [5.74, 6) is 0. The van der Waals surface area contributed by atoms with Crippen molar-refractivity contribution in [1.82, 2.24) is 15.7 Å². The minimum atomic E-state index is 0.466. The van der Waals surface area contributed by atoms with Crippen molar-refractivity contribution < 1.29 is 4.74 Å². The lowest BCUT2D eigenvalue weighted by Crippen LogP contribution is -2.36. The van der Waals surface area contributed by atoms with Crippen molar-refractivity contribution in [3.8, 4) is 11.3 Å². The summed E-state index contributed by atoms with van der Waals surface area (Å²) in [5.41, 5.74) is 5.85. The van der Waals surface area contributed by atoms with E-state index in [1.54, 1.807) is 17.6 Å². The molecule has 0 atom stereocenters. The first kappa shape index (κ1) is 19.5. The molecule has 1 aliphatic heterocycles. The third kappa shape index (κ3) is 5.59. The largest absolute Gasteiger partial charge is 0.378 e. The molecule has 0 saturated carbocycles. The summed E-state index contributed by atoms with van der Waals surface area (Å²) in [6, 6.07) is 10.1. The van der Waals surface area contributed by atoms with Crippen LogP contribution in [0, 0.1) is 0 Å². The molecule has 142 valence electrons. The molecule has 2 aromatic rings. The van der Waals surface area contributed by atoms with Crippen LogP contribution in [0.15, 0.2) is 47.6 Å². The summed E-state index contributed by atoms with van der Waals surface area (Å²) in [6.45, 7) is 9.57. The highest BCUT2D eigenvalue weighted by atomic mass is 32.1. The Morgan fingerprint density at radius 2 is 2.11 bits per heavy atom. The standard InChI is InChI=1S/C19H23N5OS2/c1-14(2)12-20-18(26)23-21-13-16-17(15-6-4-3-5-7-15)22-19(27-16)24-8-10-25-11-9-24/h3-7,13H,1,8-12H2,2H3,(H2,20,23,26). The number of thiocarbonyl (C=S) groups is 1. The summed E-state index contributed by atoms with van der Waals surface area (Å²) >= 11 is 6.83. The van der Waals surface area contributed by atoms with Gasteiger partial charge in [-0.05, 0) is 19.1 Å². The van der Waals surface area contributed by atoms with Crippen LogP contribution in [0.5, 0.6) is 0 Å². The number of anilines is 1. The maximum Gasteiger partial charge on any atom is 0.187 e. The second-order valence-electron chi connectivity index (χ2n) is 6.18. The number of hydrazone groups is 1. The quantitative estimate of drug-likeness (QED) is 0.336. The Labute approximate surface area is 168 Å². The Bertz CT molecular complexity index is 813. The number of rotatable bonds is 6. The van der Waals surface area contributed by atoms with Gasteiger partial charge in [0.1, 0.15) is 0 Å². The molecular formula is C19H23N5OS2. The molecule has 1 fully saturated rings. The van der Waals surface area contributed by atoms with Gasteiger partial charge in [0.2, 0.25) is 0 Å². The third-order valence-corrected chi connectivity index (χ3v) is 5.16. The van der Waals surface area contributed by atoms with Crippen LogP contribution in [-0.2, 0) is 4.74 Å². The van der Waals surface area contributed by atoms with Crippen LogP contribution in [0.3, 0.4) is 0 Å². The predicted molar refractivity (Wildman–Crippen MR) is 117 cm³/mol. The molecule has 0 radical (unpaired) electrons. The fourth-order valence-electron chi connectivity index (χ4n) is 2.52. The molecule has 0 spiro atoms. The monoisotopic (exact) mass is 401 g/mol. The molecule has 1 aromatic heterocycles. The van der Waals surface area contributed by atoms with E-state index in [1.807, 2.05) is 25.1 Å². The minimum absolute atomic E-state index is 0.466. The van der Waals surface area contributed by atoms with E-state index in [1.165, 1.54) is 0 Å². The van der Waals surface area contributed by atoms with E-state index in [2.05, 4.69) is 39.5 Å². The Morgan fingerprint density at radius 1 is 1.37 bits per heavy atom. The summed E-state index contributed by atoms with van der Waals surface area (Å²) in [6.07, 6.45) is 1.78. The van der Waals surface area contributed by atoms with Gasteiger partial charge < -0.3 is 15.0 Å². The zero-order chi connectivity index (χ0) is 19.1. The van der Waals surface area contributed by atoms with Crippen LogP contribution in [0.25, 0.3) is 11.3 Å². The Hall–Kier alpha value is -2.29. The topological polar surface area (TPSA) is 61.8 Å². The van der Waals surface area contributed by atoms with Gasteiger partial charge in [-0.3, -0.25) is 5.43 Å². The summed E-state index contributed by atoms with van der Waals surface area (Å²) in [5, 5.41) is 8.78. The van der Waals surface area contributed by atoms with Crippen molar-refractivity contribution in [1.29, 1.82) is 0 Å². The highest BCUT2D eigenvalue weighted by molar-refractivity contribution is 7.80. The summed E-state index contributed by atoms with van der Waals surface area (Å²) in [4.78, 5) is 8.11. The lowest BCUT2D eigenvalue weighted by Gasteiger charge is -2.26. The number of ether oxygens (including phenoxy) is 1. The van der Waals surface area contributed by atoms with Gasteiger partial charge in [-0.2, -0.15) is 5.10 Å². The van der Waals surface area contributed by atoms with Crippen molar-refractivity contribution in [3.05, 3.63) is 47.4 Å². The van der Waals surface area contributed by atoms with Crippen LogP contribution in [0.1, 0.15) is 11.8 Å². The van der Waals surface area contributed by atoms with Crippen LogP contribution in [0.2, 0.25) is 0 Å². The number of thiazole rings is 1. The van der Waals surface area contributed by atoms with E-state index >= 15 is 0 Å². The van der Waals surface area contributed by atoms with Gasteiger partial charge >= 0.3 is 0 Å². The van der Waals surface area contributed by atoms with E-state index < -0.39 is 0 Å². The third-order valence-electron chi connectivity index (χ3n) is 3.87. The predicted octanol–water partition coefficient (Wildman–Crippen LogP) is 3.02. The molecule has 2 heterocycles. The molecule has 0 unspecified atom stereocenters. The Balaban J connectivity index is 1.77. The molecule has 1 aromatic carbocycles. The molecule has 0 bridgehead atoms. The van der Waals surface area contributed by atoms with E-state index in [4.69, 9.17) is 21.9 Å². The zero-order valence-electron chi connectivity index (χ0n) is 15.3. The number of morpholine rings is 1. The van der Waals surface area contributed by atoms with E-state index in [0.29, 0.717) is 11.7 Å². The number of hydrogen-bond donors (Lipinski definition) is 2. The smallest absolute Gasteiger partial charge is 0.187 e. The molecule has 0 aliphatic carbocycles. The first-order valence-corrected chi connectivity index (χ1v) is 9.96. The fraction of sp³-hybridized carbons (Fsp3) is 0.316. The lowest BCUT2D eigenvalue weighted by molar-refractivity contribution is 0.122. The van der Waals surface area contributed by atoms with Crippen molar-refractivity contribution in [3.63, 3.8) is 0 Å². The van der Waals surface area contributed by atoms with Gasteiger partial charge in [0.15, 0.2) is 10.2 Å². The molecule has 6 nitrogen and oxygen atoms in total. The second-order valence-corrected chi connectivity index (χ2v) is 7.60. The van der Waals surface area contributed by atoms with Crippen molar-refractivity contribution in [2.75, 3.05) is 37.7 Å². The van der Waals surface area contributed by atoms with Crippen molar-refractivity contribution in [2.24, 2.45) is 5.10 Å². The van der Waals surface area contributed by atoms with Crippen LogP contribution >= 0.6 is 23.6 Å². The van der Waals surface area contributed by atoms with Gasteiger partial charge in [0.25, 0.3) is 0 Å². The van der Waals surface area contributed by atoms with Gasteiger partial charge in [-0.15, -0.1) is 0 Å². The number of aromatic nitrogens is 1. The van der Waals surface area contributed by atoms with Gasteiger partial charge in [0.05, 0.1) is 30.0 Å². The second kappa shape index (κ2) is 9.59. The average molecular weight is 402 g/mol. The van der Waals surface area contributed by atoms with Crippen molar-refractivity contribution in [2.45, 2.75) is 6.92 Å². The Morgan fingerprint density at radius 3 is 2.81 bits per heavy atom. The zero-order valence-corrected chi connectivity index (χ0v) is 16.9. The minimum Gasteiger partial charge on any atom is -0.378 e. The van der Waals surface area contributed by atoms with Crippen LogP contribution in [0.4, 0.5) is 5.13 Å². The fourth-order valence-corrected chi connectivity index (χ4v) is 3.66. The maximum absolute atomic E-state index is 5.45. The summed E-state index contributed by atoms with van der Waals surface area (Å²) < 4.78 is 5.45. The molecule has 2 N–H and O–H groups in total. The molecular weight excluding hydrogens is 378 g/mol. The van der Waals surface area contributed by atoms with Crippen molar-refractivity contribution >= 4 is 40.0 Å². The van der Waals surface area contributed by atoms with E-state index in [0.717, 1.165) is 53.1 Å². The molecule has 27 heavy (non-hydrogen) atoms. The highest BCUT2D eigenvalue weighted by Gasteiger charge is 2.18. The van der Waals surface area contributed by atoms with Gasteiger partial charge in [0, 0.05) is 25.2 Å². The molecule has 1 saturated heterocycles. The van der Waals surface area contributed by atoms with E-state index in [9.17, 15) is 0 Å². The number of benzene rings is 1. The van der Waals surface area contributed by atoms with E-state index in [-0.39, 0.29) is 0 Å². The molecule has 3 rings (SSSR count). The number of nitrogens with one attached hydrogen (secondary N) is 2. The normalized spacial score (nSPS) is 14.3.